The molecule has 1 heterocycles. The molecule has 1 aromatic carbocycles. The fourth-order valence-corrected chi connectivity index (χ4v) is 0.806. The molecule has 0 unspecified atom stereocenters. The predicted molar refractivity (Wildman–Crippen MR) is 55.5 cm³/mol. The largest absolute Gasteiger partial charge is 0.475 e. The molecule has 0 saturated carbocycles. The highest BCUT2D eigenvalue weighted by Gasteiger charge is 2.08. The second-order valence-corrected chi connectivity index (χ2v) is 2.57. The molecule has 2 rings (SSSR count). The molecule has 0 radical (unpaired) electrons. The summed E-state index contributed by atoms with van der Waals surface area (Å²) in [5, 5.41) is 8.27. The topological polar surface area (TPSA) is 58.6 Å². The Balaban J connectivity index is 0.000000162. The van der Waals surface area contributed by atoms with Crippen molar-refractivity contribution in [3.63, 3.8) is 0 Å². The fraction of sp³-hybridized carbons (Fsp3) is 0. The number of benzene rings is 1. The van der Waals surface area contributed by atoms with Crippen molar-refractivity contribution in [3.8, 4) is 0 Å². The molecule has 78 valence electrons. The van der Waals surface area contributed by atoms with E-state index < -0.39 is 5.97 Å². The number of allylic oxidation sites excluding steroid dienone is 2. The smallest absolute Gasteiger partial charge is 0.374 e. The second kappa shape index (κ2) is 6.26. The van der Waals surface area contributed by atoms with Crippen LogP contribution in [0.2, 0.25) is 0 Å². The van der Waals surface area contributed by atoms with Gasteiger partial charge in [-0.15, -0.1) is 0 Å². The van der Waals surface area contributed by atoms with Gasteiger partial charge in [0, 0.05) is 6.20 Å². The summed E-state index contributed by atoms with van der Waals surface area (Å²) < 4.78 is 0. The lowest BCUT2D eigenvalue weighted by molar-refractivity contribution is -0.137. The van der Waals surface area contributed by atoms with Crippen LogP contribution in [-0.4, -0.2) is 11.1 Å². The Morgan fingerprint density at radius 1 is 1.13 bits per heavy atom. The lowest BCUT2D eigenvalue weighted by Crippen LogP contribution is -2.15. The molecule has 0 amide bonds. The van der Waals surface area contributed by atoms with E-state index >= 15 is 0 Å². The van der Waals surface area contributed by atoms with Crippen LogP contribution in [0.25, 0.3) is 0 Å². The van der Waals surface area contributed by atoms with Gasteiger partial charge in [-0.3, -0.25) is 0 Å². The van der Waals surface area contributed by atoms with Gasteiger partial charge in [0.2, 0.25) is 5.76 Å². The summed E-state index contributed by atoms with van der Waals surface area (Å²) in [6, 6.07) is 12.0. The van der Waals surface area contributed by atoms with Crippen molar-refractivity contribution in [2.24, 2.45) is 0 Å². The van der Waals surface area contributed by atoms with Gasteiger partial charge in [0.25, 0.3) is 0 Å². The van der Waals surface area contributed by atoms with Gasteiger partial charge in [0.05, 0.1) is 0 Å². The third-order valence-electron chi connectivity index (χ3n) is 1.46. The number of aliphatic carboxylic acids is 1. The Morgan fingerprint density at radius 2 is 1.67 bits per heavy atom. The first-order valence-electron chi connectivity index (χ1n) is 4.33. The van der Waals surface area contributed by atoms with E-state index in [2.05, 4.69) is 10.3 Å². The number of hydrogen-bond acceptors (Lipinski definition) is 3. The van der Waals surface area contributed by atoms with Crippen LogP contribution in [0.15, 0.2) is 60.5 Å². The van der Waals surface area contributed by atoms with Crippen molar-refractivity contribution in [2.75, 3.05) is 0 Å². The second-order valence-electron chi connectivity index (χ2n) is 2.57. The number of nitrogens with one attached hydrogen (secondary N) is 1. The predicted octanol–water partition coefficient (Wildman–Crippen LogP) is 1.69. The Bertz CT molecular complexity index is 331. The van der Waals surface area contributed by atoms with E-state index in [1.54, 1.807) is 6.08 Å². The molecule has 0 fully saturated rings. The van der Waals surface area contributed by atoms with Crippen LogP contribution in [0.1, 0.15) is 0 Å². The van der Waals surface area contributed by atoms with Gasteiger partial charge < -0.3 is 9.94 Å². The minimum absolute atomic E-state index is 0.0995. The van der Waals surface area contributed by atoms with Crippen molar-refractivity contribution in [1.29, 1.82) is 0 Å². The monoisotopic (exact) mass is 205 g/mol. The molecule has 0 aliphatic carbocycles. The van der Waals surface area contributed by atoms with E-state index in [-0.39, 0.29) is 5.76 Å². The summed E-state index contributed by atoms with van der Waals surface area (Å²) >= 11 is 0. The number of carboxylic acids is 1. The highest BCUT2D eigenvalue weighted by atomic mass is 16.7. The number of carbonyl (C=O) groups is 1. The van der Waals surface area contributed by atoms with E-state index in [4.69, 9.17) is 5.11 Å². The van der Waals surface area contributed by atoms with Crippen molar-refractivity contribution in [2.45, 2.75) is 0 Å². The Labute approximate surface area is 87.5 Å². The Hall–Kier alpha value is -2.23. The van der Waals surface area contributed by atoms with E-state index in [0.717, 1.165) is 0 Å². The van der Waals surface area contributed by atoms with Gasteiger partial charge >= 0.3 is 5.97 Å². The van der Waals surface area contributed by atoms with Crippen LogP contribution in [0.3, 0.4) is 0 Å². The van der Waals surface area contributed by atoms with Gasteiger partial charge in [-0.2, -0.15) is 0 Å². The van der Waals surface area contributed by atoms with Gasteiger partial charge in [-0.25, -0.2) is 10.3 Å². The molecule has 4 heteroatoms. The minimum atomic E-state index is -1.08. The third-order valence-corrected chi connectivity index (χ3v) is 1.46. The quantitative estimate of drug-likeness (QED) is 0.732. The van der Waals surface area contributed by atoms with Crippen molar-refractivity contribution in [3.05, 3.63) is 60.5 Å². The van der Waals surface area contributed by atoms with Crippen LogP contribution in [0.5, 0.6) is 0 Å². The lowest BCUT2D eigenvalue weighted by Gasteiger charge is -2.05. The van der Waals surface area contributed by atoms with E-state index in [0.29, 0.717) is 0 Å². The number of hydroxylamine groups is 1. The van der Waals surface area contributed by atoms with Gasteiger partial charge in [0.15, 0.2) is 0 Å². The molecule has 1 aliphatic rings. The average molecular weight is 205 g/mol. The molecule has 4 nitrogen and oxygen atoms in total. The highest BCUT2D eigenvalue weighted by molar-refractivity contribution is 5.84. The van der Waals surface area contributed by atoms with Crippen molar-refractivity contribution in [1.82, 2.24) is 5.48 Å². The van der Waals surface area contributed by atoms with Gasteiger partial charge in [-0.05, 0) is 12.2 Å². The molecular formula is C11H11NO3. The van der Waals surface area contributed by atoms with Gasteiger partial charge in [-0.1, -0.05) is 36.4 Å². The zero-order valence-corrected chi connectivity index (χ0v) is 7.96. The summed E-state index contributed by atoms with van der Waals surface area (Å²) in [6.45, 7) is 0. The Morgan fingerprint density at radius 3 is 1.93 bits per heavy atom. The van der Waals surface area contributed by atoms with Crippen molar-refractivity contribution < 1.29 is 14.7 Å². The first kappa shape index (κ1) is 10.8. The zero-order valence-electron chi connectivity index (χ0n) is 7.96. The van der Waals surface area contributed by atoms with E-state index in [9.17, 15) is 4.79 Å². The standard InChI is InChI=1S/C6H6.C5H5NO3/c1-2-4-6-5-3-1;7-5(8)4-2-1-3-6-9-4/h1-6H;1-3,6H,(H,7,8). The van der Waals surface area contributed by atoms with Crippen LogP contribution < -0.4 is 5.48 Å². The summed E-state index contributed by atoms with van der Waals surface area (Å²) in [5.74, 6) is -1.18. The average Bonchev–Trinajstić information content (AvgIpc) is 2.33. The van der Waals surface area contributed by atoms with Crippen LogP contribution in [0.4, 0.5) is 0 Å². The number of carboxylic acid groups (broad SMARTS) is 1. The SMILES string of the molecule is O=C(O)C1=CC=CNO1.c1ccccc1. The molecule has 0 atom stereocenters. The normalized spacial score (nSPS) is 12.4. The highest BCUT2D eigenvalue weighted by Crippen LogP contribution is 1.98. The molecule has 15 heavy (non-hydrogen) atoms. The minimum Gasteiger partial charge on any atom is -0.475 e. The molecule has 0 spiro atoms. The molecule has 0 bridgehead atoms. The maximum absolute atomic E-state index is 10.1. The molecule has 0 saturated heterocycles. The van der Waals surface area contributed by atoms with Crippen LogP contribution >= 0.6 is 0 Å². The fourth-order valence-electron chi connectivity index (χ4n) is 0.806. The van der Waals surface area contributed by atoms with Gasteiger partial charge in [0.1, 0.15) is 0 Å². The van der Waals surface area contributed by atoms with E-state index in [1.165, 1.54) is 12.3 Å². The molecular weight excluding hydrogens is 194 g/mol. The summed E-state index contributed by atoms with van der Waals surface area (Å²) in [6.07, 6.45) is 4.40. The summed E-state index contributed by atoms with van der Waals surface area (Å²) in [5.41, 5.74) is 2.29. The van der Waals surface area contributed by atoms with Crippen LogP contribution in [0, 0.1) is 0 Å². The lowest BCUT2D eigenvalue weighted by atomic mass is 10.4. The number of hydrogen-bond donors (Lipinski definition) is 2. The third kappa shape index (κ3) is 4.52. The van der Waals surface area contributed by atoms with Crippen molar-refractivity contribution >= 4 is 5.97 Å². The maximum atomic E-state index is 10.1. The molecule has 2 N–H and O–H groups in total. The summed E-state index contributed by atoms with van der Waals surface area (Å²) in [4.78, 5) is 14.6. The molecule has 0 aromatic heterocycles. The summed E-state index contributed by atoms with van der Waals surface area (Å²) in [7, 11) is 0. The van der Waals surface area contributed by atoms with Crippen LogP contribution in [-0.2, 0) is 9.63 Å². The zero-order chi connectivity index (χ0) is 10.9. The first-order chi connectivity index (χ1) is 7.30. The number of rotatable bonds is 1. The molecule has 1 aliphatic heterocycles. The van der Waals surface area contributed by atoms with E-state index in [1.807, 2.05) is 36.4 Å². The first-order valence-corrected chi connectivity index (χ1v) is 4.33. The Kier molecular flexibility index (Phi) is 4.53. The maximum Gasteiger partial charge on any atom is 0.374 e. The molecule has 1 aromatic rings.